The summed E-state index contributed by atoms with van der Waals surface area (Å²) < 4.78 is 11.6. The van der Waals surface area contributed by atoms with Crippen LogP contribution in [0.3, 0.4) is 0 Å². The van der Waals surface area contributed by atoms with Gasteiger partial charge in [0.05, 0.1) is 18.8 Å². The number of anilines is 1. The van der Waals surface area contributed by atoms with Crippen LogP contribution in [0.15, 0.2) is 48.5 Å². The highest BCUT2D eigenvalue weighted by atomic mass is 16.5. The Kier molecular flexibility index (Phi) is 10.7. The van der Waals surface area contributed by atoms with Gasteiger partial charge in [-0.05, 0) is 49.2 Å². The van der Waals surface area contributed by atoms with Crippen LogP contribution in [-0.2, 0) is 0 Å². The van der Waals surface area contributed by atoms with E-state index in [0.717, 1.165) is 37.3 Å². The van der Waals surface area contributed by atoms with Gasteiger partial charge in [-0.15, -0.1) is 0 Å². The molecule has 0 spiro atoms. The fraction of sp³-hybridized carbons (Fsp3) is 0.480. The van der Waals surface area contributed by atoms with Crippen molar-refractivity contribution in [2.75, 3.05) is 18.5 Å². The van der Waals surface area contributed by atoms with E-state index in [0.29, 0.717) is 17.9 Å². The minimum atomic E-state index is -0.164. The van der Waals surface area contributed by atoms with Crippen molar-refractivity contribution in [2.45, 2.75) is 65.2 Å². The standard InChI is InChI=1S/C25H35NO3/c1-3-5-7-11-19-28-22-17-15-21(16-18-22)26-25(27)23-13-9-10-14-24(23)29-20-12-8-6-4-2/h9-10,13-18H,3-8,11-12,19-20H2,1-2H3,(H,26,27). The highest BCUT2D eigenvalue weighted by Gasteiger charge is 2.12. The lowest BCUT2D eigenvalue weighted by Gasteiger charge is -2.12. The van der Waals surface area contributed by atoms with Crippen LogP contribution in [0.1, 0.15) is 75.6 Å². The van der Waals surface area contributed by atoms with E-state index < -0.39 is 0 Å². The SMILES string of the molecule is CCCCCCOc1ccc(NC(=O)c2ccccc2OCCCCCC)cc1. The summed E-state index contributed by atoms with van der Waals surface area (Å²) in [6.07, 6.45) is 9.30. The van der Waals surface area contributed by atoms with Gasteiger partial charge in [0.25, 0.3) is 5.91 Å². The Bertz CT molecular complexity index is 712. The number of hydrogen-bond donors (Lipinski definition) is 1. The summed E-state index contributed by atoms with van der Waals surface area (Å²) in [5.74, 6) is 1.30. The fourth-order valence-electron chi connectivity index (χ4n) is 3.04. The molecule has 0 aliphatic heterocycles. The van der Waals surface area contributed by atoms with Crippen molar-refractivity contribution in [3.63, 3.8) is 0 Å². The number of hydrogen-bond acceptors (Lipinski definition) is 3. The average Bonchev–Trinajstić information content (AvgIpc) is 2.75. The lowest BCUT2D eigenvalue weighted by atomic mass is 10.1. The van der Waals surface area contributed by atoms with Gasteiger partial charge in [0.2, 0.25) is 0 Å². The summed E-state index contributed by atoms with van der Waals surface area (Å²) in [4.78, 5) is 12.7. The molecule has 0 saturated heterocycles. The van der Waals surface area contributed by atoms with Crippen molar-refractivity contribution in [2.24, 2.45) is 0 Å². The molecule has 4 heteroatoms. The van der Waals surface area contributed by atoms with E-state index >= 15 is 0 Å². The van der Waals surface area contributed by atoms with Gasteiger partial charge in [-0.1, -0.05) is 64.5 Å². The monoisotopic (exact) mass is 397 g/mol. The maximum Gasteiger partial charge on any atom is 0.259 e. The molecule has 0 aliphatic rings. The van der Waals surface area contributed by atoms with Crippen LogP contribution in [0.5, 0.6) is 11.5 Å². The lowest BCUT2D eigenvalue weighted by molar-refractivity contribution is 0.102. The zero-order valence-electron chi connectivity index (χ0n) is 17.9. The molecule has 4 nitrogen and oxygen atoms in total. The second kappa shape index (κ2) is 13.6. The number of nitrogens with one attached hydrogen (secondary N) is 1. The van der Waals surface area contributed by atoms with Crippen LogP contribution in [0.25, 0.3) is 0 Å². The van der Waals surface area contributed by atoms with Crippen molar-refractivity contribution in [1.29, 1.82) is 0 Å². The number of unbranched alkanes of at least 4 members (excludes halogenated alkanes) is 6. The molecule has 0 radical (unpaired) electrons. The van der Waals surface area contributed by atoms with Crippen LogP contribution in [0.4, 0.5) is 5.69 Å². The molecule has 158 valence electrons. The Morgan fingerprint density at radius 2 is 1.38 bits per heavy atom. The molecule has 1 amide bonds. The van der Waals surface area contributed by atoms with Gasteiger partial charge in [0.15, 0.2) is 0 Å². The molecule has 2 rings (SSSR count). The number of rotatable bonds is 14. The Hall–Kier alpha value is -2.49. The molecular weight excluding hydrogens is 362 g/mol. The van der Waals surface area contributed by atoms with E-state index in [2.05, 4.69) is 19.2 Å². The fourth-order valence-corrected chi connectivity index (χ4v) is 3.04. The molecule has 2 aromatic carbocycles. The highest BCUT2D eigenvalue weighted by molar-refractivity contribution is 6.06. The molecule has 0 unspecified atom stereocenters. The molecule has 29 heavy (non-hydrogen) atoms. The van der Waals surface area contributed by atoms with E-state index in [4.69, 9.17) is 9.47 Å². The summed E-state index contributed by atoms with van der Waals surface area (Å²) in [5.41, 5.74) is 1.30. The number of para-hydroxylation sites is 1. The van der Waals surface area contributed by atoms with E-state index in [-0.39, 0.29) is 5.91 Å². The van der Waals surface area contributed by atoms with Crippen molar-refractivity contribution in [3.05, 3.63) is 54.1 Å². The molecule has 0 aliphatic carbocycles. The molecule has 0 fully saturated rings. The smallest absolute Gasteiger partial charge is 0.259 e. The van der Waals surface area contributed by atoms with Crippen LogP contribution < -0.4 is 14.8 Å². The van der Waals surface area contributed by atoms with Crippen LogP contribution in [0.2, 0.25) is 0 Å². The van der Waals surface area contributed by atoms with Gasteiger partial charge in [-0.2, -0.15) is 0 Å². The molecule has 0 bridgehead atoms. The van der Waals surface area contributed by atoms with Crippen molar-refractivity contribution >= 4 is 11.6 Å². The topological polar surface area (TPSA) is 47.6 Å². The second-order valence-corrected chi connectivity index (χ2v) is 7.29. The van der Waals surface area contributed by atoms with Gasteiger partial charge in [0.1, 0.15) is 11.5 Å². The Balaban J connectivity index is 1.85. The summed E-state index contributed by atoms with van der Waals surface area (Å²) in [6.45, 7) is 5.75. The first kappa shape index (κ1) is 22.8. The zero-order valence-corrected chi connectivity index (χ0v) is 17.9. The number of amides is 1. The Morgan fingerprint density at radius 3 is 2.03 bits per heavy atom. The first-order valence-electron chi connectivity index (χ1n) is 11.0. The van der Waals surface area contributed by atoms with Crippen LogP contribution >= 0.6 is 0 Å². The first-order valence-corrected chi connectivity index (χ1v) is 11.0. The van der Waals surface area contributed by atoms with E-state index in [1.165, 1.54) is 32.1 Å². The zero-order chi connectivity index (χ0) is 20.7. The third-order valence-electron chi connectivity index (χ3n) is 4.77. The van der Waals surface area contributed by atoms with Crippen LogP contribution in [-0.4, -0.2) is 19.1 Å². The minimum Gasteiger partial charge on any atom is -0.494 e. The number of ether oxygens (including phenoxy) is 2. The largest absolute Gasteiger partial charge is 0.494 e. The minimum absolute atomic E-state index is 0.164. The predicted octanol–water partition coefficient (Wildman–Crippen LogP) is 6.86. The molecular formula is C25H35NO3. The van der Waals surface area contributed by atoms with Crippen LogP contribution in [0, 0.1) is 0 Å². The quantitative estimate of drug-likeness (QED) is 0.354. The van der Waals surface area contributed by atoms with Gasteiger partial charge in [-0.3, -0.25) is 4.79 Å². The summed E-state index contributed by atoms with van der Waals surface area (Å²) in [6, 6.07) is 14.9. The number of carbonyl (C=O) groups is 1. The lowest BCUT2D eigenvalue weighted by Crippen LogP contribution is -2.14. The van der Waals surface area contributed by atoms with Gasteiger partial charge >= 0.3 is 0 Å². The maximum absolute atomic E-state index is 12.7. The molecule has 0 saturated carbocycles. The summed E-state index contributed by atoms with van der Waals surface area (Å²) >= 11 is 0. The third-order valence-corrected chi connectivity index (χ3v) is 4.77. The highest BCUT2D eigenvalue weighted by Crippen LogP contribution is 2.22. The third kappa shape index (κ3) is 8.59. The average molecular weight is 398 g/mol. The number of carbonyl (C=O) groups excluding carboxylic acids is 1. The molecule has 0 atom stereocenters. The Labute approximate surface area is 175 Å². The normalized spacial score (nSPS) is 10.6. The van der Waals surface area contributed by atoms with Crippen molar-refractivity contribution < 1.29 is 14.3 Å². The number of benzene rings is 2. The second-order valence-electron chi connectivity index (χ2n) is 7.29. The van der Waals surface area contributed by atoms with Crippen molar-refractivity contribution in [3.8, 4) is 11.5 Å². The maximum atomic E-state index is 12.7. The molecule has 0 heterocycles. The Morgan fingerprint density at radius 1 is 0.759 bits per heavy atom. The van der Waals surface area contributed by atoms with Gasteiger partial charge in [0, 0.05) is 5.69 Å². The molecule has 2 aromatic rings. The summed E-state index contributed by atoms with van der Waals surface area (Å²) in [5, 5.41) is 2.95. The molecule has 1 N–H and O–H groups in total. The summed E-state index contributed by atoms with van der Waals surface area (Å²) in [7, 11) is 0. The first-order chi connectivity index (χ1) is 14.2. The van der Waals surface area contributed by atoms with E-state index in [1.807, 2.05) is 42.5 Å². The van der Waals surface area contributed by atoms with Gasteiger partial charge in [-0.25, -0.2) is 0 Å². The van der Waals surface area contributed by atoms with E-state index in [9.17, 15) is 4.79 Å². The van der Waals surface area contributed by atoms with Crippen molar-refractivity contribution in [1.82, 2.24) is 0 Å². The van der Waals surface area contributed by atoms with E-state index in [1.54, 1.807) is 6.07 Å². The van der Waals surface area contributed by atoms with Gasteiger partial charge < -0.3 is 14.8 Å². The molecule has 0 aromatic heterocycles. The predicted molar refractivity (Wildman–Crippen MR) is 120 cm³/mol.